The quantitative estimate of drug-likeness (QED) is 0.213. The van der Waals surface area contributed by atoms with Gasteiger partial charge < -0.3 is 4.74 Å². The lowest BCUT2D eigenvalue weighted by atomic mass is 9.98. The van der Waals surface area contributed by atoms with Crippen molar-refractivity contribution in [1.29, 1.82) is 0 Å². The first-order valence-electron chi connectivity index (χ1n) is 8.98. The molecule has 0 saturated carbocycles. The van der Waals surface area contributed by atoms with Gasteiger partial charge in [-0.2, -0.15) is 0 Å². The number of carbonyl (C=O) groups is 1. The van der Waals surface area contributed by atoms with Crippen LogP contribution in [0.2, 0.25) is 0 Å². The van der Waals surface area contributed by atoms with Crippen molar-refractivity contribution in [3.8, 4) is 17.0 Å². The zero-order valence-corrected chi connectivity index (χ0v) is 19.8. The summed E-state index contributed by atoms with van der Waals surface area (Å²) >= 11 is 6.91. The van der Waals surface area contributed by atoms with Crippen molar-refractivity contribution in [2.24, 2.45) is 4.99 Å². The van der Waals surface area contributed by atoms with Crippen LogP contribution in [0.3, 0.4) is 0 Å². The summed E-state index contributed by atoms with van der Waals surface area (Å²) in [4.78, 5) is 22.2. The maximum atomic E-state index is 13.3. The second kappa shape index (κ2) is 9.01. The van der Waals surface area contributed by atoms with Crippen LogP contribution in [0.5, 0.6) is 5.88 Å². The maximum Gasteiger partial charge on any atom is 0.222 e. The Morgan fingerprint density at radius 2 is 1.69 bits per heavy atom. The van der Waals surface area contributed by atoms with Gasteiger partial charge in [-0.05, 0) is 69.3 Å². The number of hydrogen-bond donors (Lipinski definition) is 0. The summed E-state index contributed by atoms with van der Waals surface area (Å²) in [6, 6.07) is 13.7. The van der Waals surface area contributed by atoms with Crippen LogP contribution in [0.15, 0.2) is 56.5 Å². The summed E-state index contributed by atoms with van der Waals surface area (Å²) < 4.78 is 6.54. The molecule has 1 heterocycles. The number of pyridine rings is 1. The van der Waals surface area contributed by atoms with E-state index in [2.05, 4.69) is 54.0 Å². The second-order valence-corrected chi connectivity index (χ2v) is 8.26. The van der Waals surface area contributed by atoms with Crippen molar-refractivity contribution in [3.63, 3.8) is 0 Å². The monoisotopic (exact) mass is 514 g/mol. The minimum Gasteiger partial charge on any atom is -0.481 e. The Kier molecular flexibility index (Phi) is 6.65. The average molecular weight is 516 g/mol. The Morgan fingerprint density at radius 1 is 1.07 bits per heavy atom. The Bertz CT molecular complexity index is 1090. The van der Waals surface area contributed by atoms with Gasteiger partial charge in [0.1, 0.15) is 4.60 Å². The first-order valence-corrected chi connectivity index (χ1v) is 10.6. The van der Waals surface area contributed by atoms with Crippen molar-refractivity contribution in [2.45, 2.75) is 20.8 Å². The molecule has 4 nitrogen and oxygen atoms in total. The highest BCUT2D eigenvalue weighted by molar-refractivity contribution is 9.13. The van der Waals surface area contributed by atoms with Crippen molar-refractivity contribution in [2.75, 3.05) is 7.11 Å². The standard InChI is InChI=1S/C23H20Br2N2O2/c1-13-10-14(2)21(15(3)11-13)26-12-17(28)19-18(16-8-6-5-7-9-16)23(29-4)27-22(25)20(19)24/h5-12H,1-4H3. The van der Waals surface area contributed by atoms with Crippen LogP contribution in [0.1, 0.15) is 27.0 Å². The topological polar surface area (TPSA) is 51.5 Å². The molecule has 148 valence electrons. The van der Waals surface area contributed by atoms with Crippen LogP contribution in [0.4, 0.5) is 5.69 Å². The lowest BCUT2D eigenvalue weighted by Gasteiger charge is -2.14. The van der Waals surface area contributed by atoms with Crippen molar-refractivity contribution in [1.82, 2.24) is 4.98 Å². The van der Waals surface area contributed by atoms with E-state index in [0.29, 0.717) is 26.1 Å². The first kappa shape index (κ1) is 21.4. The van der Waals surface area contributed by atoms with E-state index in [0.717, 1.165) is 22.4 Å². The number of aromatic nitrogens is 1. The minimum atomic E-state index is -0.239. The summed E-state index contributed by atoms with van der Waals surface area (Å²) in [5.74, 6) is 0.127. The molecule has 3 rings (SSSR count). The molecule has 0 bridgehead atoms. The fraction of sp³-hybridized carbons (Fsp3) is 0.174. The molecule has 0 unspecified atom stereocenters. The molecule has 29 heavy (non-hydrogen) atoms. The zero-order valence-electron chi connectivity index (χ0n) is 16.6. The number of benzene rings is 2. The number of ketones is 1. The van der Waals surface area contributed by atoms with Gasteiger partial charge in [-0.3, -0.25) is 9.79 Å². The number of halogens is 2. The molecule has 0 atom stereocenters. The number of aliphatic imine (C=N–C) groups is 1. The Morgan fingerprint density at radius 3 is 2.28 bits per heavy atom. The zero-order chi connectivity index (χ0) is 21.1. The number of nitrogens with zero attached hydrogens (tertiary/aromatic N) is 2. The third-order valence-electron chi connectivity index (χ3n) is 4.51. The van der Waals surface area contributed by atoms with Crippen LogP contribution in [0, 0.1) is 20.8 Å². The number of Topliss-reactive ketones (excluding diaryl/α,β-unsaturated/α-hetero) is 1. The number of methoxy groups -OCH3 is 1. The molecule has 0 aliphatic rings. The number of ether oxygens (including phenoxy) is 1. The van der Waals surface area contributed by atoms with E-state index in [1.807, 2.05) is 51.1 Å². The predicted octanol–water partition coefficient (Wildman–Crippen LogP) is 6.79. The molecule has 0 aliphatic heterocycles. The molecule has 0 N–H and O–H groups in total. The largest absolute Gasteiger partial charge is 0.481 e. The number of rotatable bonds is 5. The molecule has 2 aromatic carbocycles. The van der Waals surface area contributed by atoms with E-state index in [1.165, 1.54) is 18.9 Å². The molecule has 0 fully saturated rings. The fourth-order valence-electron chi connectivity index (χ4n) is 3.33. The van der Waals surface area contributed by atoms with Gasteiger partial charge >= 0.3 is 0 Å². The molecular weight excluding hydrogens is 496 g/mol. The van der Waals surface area contributed by atoms with Gasteiger partial charge in [-0.15, -0.1) is 0 Å². The molecule has 0 saturated heterocycles. The highest BCUT2D eigenvalue weighted by Crippen LogP contribution is 2.39. The van der Waals surface area contributed by atoms with Crippen LogP contribution < -0.4 is 4.74 Å². The number of carbonyl (C=O) groups excluding carboxylic acids is 1. The van der Waals surface area contributed by atoms with Crippen LogP contribution in [0.25, 0.3) is 11.1 Å². The summed E-state index contributed by atoms with van der Waals surface area (Å²) in [5.41, 5.74) is 5.94. The Labute approximate surface area is 187 Å². The summed E-state index contributed by atoms with van der Waals surface area (Å²) in [5, 5.41) is 0. The van der Waals surface area contributed by atoms with Crippen LogP contribution in [-0.4, -0.2) is 24.1 Å². The third kappa shape index (κ3) is 4.49. The Hall–Kier alpha value is -2.31. The fourth-order valence-corrected chi connectivity index (χ4v) is 4.17. The van der Waals surface area contributed by atoms with E-state index < -0.39 is 0 Å². The molecule has 0 radical (unpaired) electrons. The summed E-state index contributed by atoms with van der Waals surface area (Å²) in [7, 11) is 1.54. The third-order valence-corrected chi connectivity index (χ3v) is 6.39. The molecule has 0 amide bonds. The van der Waals surface area contributed by atoms with Crippen LogP contribution in [-0.2, 0) is 0 Å². The molecule has 3 aromatic rings. The van der Waals surface area contributed by atoms with Gasteiger partial charge in [-0.1, -0.05) is 48.0 Å². The van der Waals surface area contributed by atoms with E-state index in [1.54, 1.807) is 0 Å². The lowest BCUT2D eigenvalue weighted by Crippen LogP contribution is -2.08. The molecule has 6 heteroatoms. The van der Waals surface area contributed by atoms with E-state index in [4.69, 9.17) is 4.74 Å². The van der Waals surface area contributed by atoms with Crippen molar-refractivity contribution in [3.05, 3.63) is 73.8 Å². The number of aryl methyl sites for hydroxylation is 3. The Balaban J connectivity index is 2.15. The SMILES string of the molecule is COc1nc(Br)c(Br)c(C(=O)C=Nc2c(C)cc(C)cc2C)c1-c1ccccc1. The van der Waals surface area contributed by atoms with Gasteiger partial charge in [0, 0.05) is 0 Å². The molecule has 1 aromatic heterocycles. The van der Waals surface area contributed by atoms with Gasteiger partial charge in [0.05, 0.1) is 34.6 Å². The molecule has 0 aliphatic carbocycles. The minimum absolute atomic E-state index is 0.239. The molecule has 0 spiro atoms. The summed E-state index contributed by atoms with van der Waals surface area (Å²) in [6.07, 6.45) is 1.36. The highest BCUT2D eigenvalue weighted by Gasteiger charge is 2.23. The predicted molar refractivity (Wildman–Crippen MR) is 125 cm³/mol. The number of hydrogen-bond acceptors (Lipinski definition) is 4. The van der Waals surface area contributed by atoms with Gasteiger partial charge in [0.2, 0.25) is 11.7 Å². The molecular formula is C23H20Br2N2O2. The first-order chi connectivity index (χ1) is 13.8. The average Bonchev–Trinajstić information content (AvgIpc) is 2.69. The lowest BCUT2D eigenvalue weighted by molar-refractivity contribution is 0.107. The van der Waals surface area contributed by atoms with Gasteiger partial charge in [0.25, 0.3) is 0 Å². The normalized spacial score (nSPS) is 11.1. The van der Waals surface area contributed by atoms with Gasteiger partial charge in [0.15, 0.2) is 0 Å². The highest BCUT2D eigenvalue weighted by atomic mass is 79.9. The van der Waals surface area contributed by atoms with E-state index in [9.17, 15) is 4.79 Å². The second-order valence-electron chi connectivity index (χ2n) is 6.71. The maximum absolute atomic E-state index is 13.3. The van der Waals surface area contributed by atoms with E-state index in [-0.39, 0.29) is 5.78 Å². The van der Waals surface area contributed by atoms with E-state index >= 15 is 0 Å². The summed E-state index contributed by atoms with van der Waals surface area (Å²) in [6.45, 7) is 6.03. The smallest absolute Gasteiger partial charge is 0.222 e. The van der Waals surface area contributed by atoms with Gasteiger partial charge in [-0.25, -0.2) is 4.98 Å². The van der Waals surface area contributed by atoms with Crippen molar-refractivity contribution < 1.29 is 9.53 Å². The van der Waals surface area contributed by atoms with Crippen LogP contribution >= 0.6 is 31.9 Å². The van der Waals surface area contributed by atoms with Crippen molar-refractivity contribution >= 4 is 49.5 Å².